The number of carbonyl (C=O) groups is 1. The largest absolute Gasteiger partial charge is 0.432 e. The Balaban J connectivity index is 2.11. The van der Waals surface area contributed by atoms with Crippen LogP contribution < -0.4 is 5.32 Å². The maximum atomic E-state index is 12.2. The fourth-order valence-corrected chi connectivity index (χ4v) is 3.09. The van der Waals surface area contributed by atoms with Gasteiger partial charge in [0.15, 0.2) is 11.4 Å². The zero-order valence-corrected chi connectivity index (χ0v) is 12.9. The standard InChI is InChI=1S/C14H25NO5/c1-12(2,17)18-10-6-7-14(8-9(10)15-5)11(16)19-13(3,4)20-14/h9-10,15,17H,6-8H2,1-5H3. The lowest BCUT2D eigenvalue weighted by Crippen LogP contribution is -2.55. The van der Waals surface area contributed by atoms with Crippen molar-refractivity contribution in [1.82, 2.24) is 5.32 Å². The van der Waals surface area contributed by atoms with Crippen LogP contribution in [-0.2, 0) is 19.0 Å². The topological polar surface area (TPSA) is 77.0 Å². The Morgan fingerprint density at radius 2 is 2.10 bits per heavy atom. The van der Waals surface area contributed by atoms with E-state index in [2.05, 4.69) is 5.32 Å². The minimum atomic E-state index is -1.19. The Labute approximate surface area is 119 Å². The second-order valence-corrected chi connectivity index (χ2v) is 6.63. The van der Waals surface area contributed by atoms with Crippen LogP contribution in [0.5, 0.6) is 0 Å². The molecule has 0 aromatic carbocycles. The third kappa shape index (κ3) is 3.14. The normalized spacial score (nSPS) is 37.2. The van der Waals surface area contributed by atoms with Gasteiger partial charge in [0, 0.05) is 26.3 Å². The number of nitrogens with one attached hydrogen (secondary N) is 1. The quantitative estimate of drug-likeness (QED) is 0.594. The third-order valence-electron chi connectivity index (χ3n) is 3.79. The van der Waals surface area contributed by atoms with Crippen LogP contribution >= 0.6 is 0 Å². The Morgan fingerprint density at radius 3 is 2.55 bits per heavy atom. The fraction of sp³-hybridized carbons (Fsp3) is 0.929. The third-order valence-corrected chi connectivity index (χ3v) is 3.79. The molecule has 0 aromatic heterocycles. The van der Waals surface area contributed by atoms with Gasteiger partial charge >= 0.3 is 5.97 Å². The fourth-order valence-electron chi connectivity index (χ4n) is 3.09. The van der Waals surface area contributed by atoms with Crippen LogP contribution in [0.4, 0.5) is 0 Å². The Morgan fingerprint density at radius 1 is 1.45 bits per heavy atom. The van der Waals surface area contributed by atoms with Crippen molar-refractivity contribution >= 4 is 5.97 Å². The van der Waals surface area contributed by atoms with Crippen LogP contribution in [0.25, 0.3) is 0 Å². The number of hydrogen-bond donors (Lipinski definition) is 2. The monoisotopic (exact) mass is 287 g/mol. The van der Waals surface area contributed by atoms with Gasteiger partial charge in [-0.05, 0) is 33.7 Å². The van der Waals surface area contributed by atoms with E-state index < -0.39 is 17.2 Å². The highest BCUT2D eigenvalue weighted by Gasteiger charge is 2.57. The van der Waals surface area contributed by atoms with E-state index in [0.717, 1.165) is 0 Å². The van der Waals surface area contributed by atoms with E-state index >= 15 is 0 Å². The summed E-state index contributed by atoms with van der Waals surface area (Å²) in [4.78, 5) is 12.2. The molecule has 1 aliphatic carbocycles. The van der Waals surface area contributed by atoms with Crippen LogP contribution in [0.3, 0.4) is 0 Å². The molecule has 2 N–H and O–H groups in total. The summed E-state index contributed by atoms with van der Waals surface area (Å²) in [6.45, 7) is 6.70. The highest BCUT2D eigenvalue weighted by atomic mass is 16.8. The molecule has 3 unspecified atom stereocenters. The predicted molar refractivity (Wildman–Crippen MR) is 71.9 cm³/mol. The molecule has 0 bridgehead atoms. The van der Waals surface area contributed by atoms with E-state index in [0.29, 0.717) is 19.3 Å². The van der Waals surface area contributed by atoms with Gasteiger partial charge in [-0.1, -0.05) is 0 Å². The average molecular weight is 287 g/mol. The van der Waals surface area contributed by atoms with Crippen molar-refractivity contribution in [2.24, 2.45) is 0 Å². The summed E-state index contributed by atoms with van der Waals surface area (Å²) in [7, 11) is 1.82. The SMILES string of the molecule is CNC1CC2(CCC1OC(C)(C)O)OC(C)(C)OC2=O. The molecule has 2 rings (SSSR count). The molecule has 0 amide bonds. The predicted octanol–water partition coefficient (Wildman–Crippen LogP) is 0.920. The average Bonchev–Trinajstić information content (AvgIpc) is 2.49. The number of ether oxygens (including phenoxy) is 3. The van der Waals surface area contributed by atoms with Gasteiger partial charge < -0.3 is 24.6 Å². The minimum absolute atomic E-state index is 0.0726. The lowest BCUT2D eigenvalue weighted by molar-refractivity contribution is -0.230. The van der Waals surface area contributed by atoms with Crippen LogP contribution in [0.15, 0.2) is 0 Å². The van der Waals surface area contributed by atoms with E-state index in [1.54, 1.807) is 27.7 Å². The second-order valence-electron chi connectivity index (χ2n) is 6.63. The molecule has 0 aromatic rings. The number of hydrogen-bond acceptors (Lipinski definition) is 6. The molecule has 20 heavy (non-hydrogen) atoms. The molecule has 1 saturated heterocycles. The number of likely N-dealkylation sites (N-methyl/N-ethyl adjacent to an activating group) is 1. The first-order valence-electron chi connectivity index (χ1n) is 7.08. The summed E-state index contributed by atoms with van der Waals surface area (Å²) in [5.41, 5.74) is -0.892. The maximum Gasteiger partial charge on any atom is 0.341 e. The van der Waals surface area contributed by atoms with E-state index in [1.807, 2.05) is 7.05 Å². The molecule has 1 spiro atoms. The molecule has 2 fully saturated rings. The molecule has 116 valence electrons. The number of carbonyl (C=O) groups excluding carboxylic acids is 1. The van der Waals surface area contributed by atoms with Gasteiger partial charge in [0.1, 0.15) is 0 Å². The van der Waals surface area contributed by atoms with Gasteiger partial charge in [-0.3, -0.25) is 0 Å². The molecular formula is C14H25NO5. The van der Waals surface area contributed by atoms with Crippen molar-refractivity contribution in [1.29, 1.82) is 0 Å². The highest BCUT2D eigenvalue weighted by Crippen LogP contribution is 2.43. The molecule has 2 aliphatic rings. The van der Waals surface area contributed by atoms with Crippen LogP contribution in [-0.4, -0.2) is 47.4 Å². The summed E-state index contributed by atoms with van der Waals surface area (Å²) < 4.78 is 16.8. The van der Waals surface area contributed by atoms with Crippen molar-refractivity contribution in [2.75, 3.05) is 7.05 Å². The number of aliphatic hydroxyl groups is 1. The second kappa shape index (κ2) is 4.94. The van der Waals surface area contributed by atoms with Crippen molar-refractivity contribution in [2.45, 2.75) is 76.3 Å². The van der Waals surface area contributed by atoms with Crippen molar-refractivity contribution in [3.05, 3.63) is 0 Å². The van der Waals surface area contributed by atoms with Gasteiger partial charge in [-0.25, -0.2) is 4.79 Å². The highest BCUT2D eigenvalue weighted by molar-refractivity contribution is 5.81. The maximum absolute atomic E-state index is 12.2. The van der Waals surface area contributed by atoms with E-state index in [-0.39, 0.29) is 18.1 Å². The van der Waals surface area contributed by atoms with Gasteiger partial charge in [-0.2, -0.15) is 0 Å². The summed E-state index contributed by atoms with van der Waals surface area (Å²) in [5, 5.41) is 13.0. The zero-order chi connectivity index (χ0) is 15.2. The van der Waals surface area contributed by atoms with Gasteiger partial charge in [0.25, 0.3) is 0 Å². The summed E-state index contributed by atoms with van der Waals surface area (Å²) in [6.07, 6.45) is 1.48. The van der Waals surface area contributed by atoms with Crippen molar-refractivity contribution in [3.63, 3.8) is 0 Å². The molecule has 3 atom stereocenters. The smallest absolute Gasteiger partial charge is 0.341 e. The zero-order valence-electron chi connectivity index (χ0n) is 12.9. The van der Waals surface area contributed by atoms with Gasteiger partial charge in [0.05, 0.1) is 6.10 Å². The Hall–Kier alpha value is -0.690. The van der Waals surface area contributed by atoms with E-state index in [1.165, 1.54) is 0 Å². The lowest BCUT2D eigenvalue weighted by atomic mass is 9.80. The summed E-state index contributed by atoms with van der Waals surface area (Å²) >= 11 is 0. The van der Waals surface area contributed by atoms with E-state index in [4.69, 9.17) is 14.2 Å². The molecule has 1 heterocycles. The summed E-state index contributed by atoms with van der Waals surface area (Å²) in [6, 6.07) is -0.0726. The van der Waals surface area contributed by atoms with Crippen molar-refractivity contribution in [3.8, 4) is 0 Å². The van der Waals surface area contributed by atoms with Gasteiger partial charge in [-0.15, -0.1) is 0 Å². The van der Waals surface area contributed by atoms with Crippen LogP contribution in [0, 0.1) is 0 Å². The molecule has 1 aliphatic heterocycles. The molecule has 0 radical (unpaired) electrons. The molecular weight excluding hydrogens is 262 g/mol. The minimum Gasteiger partial charge on any atom is -0.432 e. The number of esters is 1. The van der Waals surface area contributed by atoms with E-state index in [9.17, 15) is 9.90 Å². The van der Waals surface area contributed by atoms with Gasteiger partial charge in [0.2, 0.25) is 5.79 Å². The molecule has 1 saturated carbocycles. The Bertz CT molecular complexity index is 390. The molecule has 6 heteroatoms. The lowest BCUT2D eigenvalue weighted by Gasteiger charge is -2.41. The summed E-state index contributed by atoms with van der Waals surface area (Å²) in [5.74, 6) is -2.37. The first-order chi connectivity index (χ1) is 9.07. The van der Waals surface area contributed by atoms with Crippen LogP contribution in [0.1, 0.15) is 47.0 Å². The first-order valence-corrected chi connectivity index (χ1v) is 7.08. The number of cyclic esters (lactones) is 1. The molecule has 6 nitrogen and oxygen atoms in total. The van der Waals surface area contributed by atoms with Crippen LogP contribution in [0.2, 0.25) is 0 Å². The van der Waals surface area contributed by atoms with Crippen molar-refractivity contribution < 1.29 is 24.1 Å². The first kappa shape index (κ1) is 15.7. The number of rotatable bonds is 3. The Kier molecular flexibility index (Phi) is 3.88.